The highest BCUT2D eigenvalue weighted by Crippen LogP contribution is 2.23. The van der Waals surface area contributed by atoms with Crippen molar-refractivity contribution in [2.75, 3.05) is 11.5 Å². The third kappa shape index (κ3) is 12.3. The zero-order valence-corrected chi connectivity index (χ0v) is 13.5. The average Bonchev–Trinajstić information content (AvgIpc) is 2.29. The Balaban J connectivity index is -0.00000180. The molecular weight excluding hydrogens is 340 g/mol. The molecule has 0 radical (unpaired) electrons. The standard InChI is InChI=1S/C10H16N2O6S2.2H2O/c1-5(13)11-7(9(15)16)3-19-20-4-8(10(17)18)12-6(2)14;;/h7-8H,3-4H2,1-2H3,(H,11,13)(H,12,14)(H,15,16)(H,17,18);2*1H2/t7-,8-;;/m0../s1. The van der Waals surface area contributed by atoms with Crippen molar-refractivity contribution in [3.8, 4) is 0 Å². The second-order valence-corrected chi connectivity index (χ2v) is 6.30. The average molecular weight is 360 g/mol. The van der Waals surface area contributed by atoms with Gasteiger partial charge in [-0.2, -0.15) is 0 Å². The van der Waals surface area contributed by atoms with Crippen LogP contribution in [0.1, 0.15) is 13.8 Å². The zero-order valence-electron chi connectivity index (χ0n) is 11.9. The lowest BCUT2D eigenvalue weighted by Crippen LogP contribution is -2.42. The molecule has 0 aromatic heterocycles. The van der Waals surface area contributed by atoms with Gasteiger partial charge in [0.05, 0.1) is 0 Å². The summed E-state index contributed by atoms with van der Waals surface area (Å²) in [5.41, 5.74) is 0. The van der Waals surface area contributed by atoms with Crippen molar-refractivity contribution in [1.29, 1.82) is 0 Å². The van der Waals surface area contributed by atoms with Gasteiger partial charge in [0.15, 0.2) is 0 Å². The first-order valence-corrected chi connectivity index (χ1v) is 7.97. The summed E-state index contributed by atoms with van der Waals surface area (Å²) >= 11 is 0. The first-order chi connectivity index (χ1) is 9.23. The van der Waals surface area contributed by atoms with Crippen LogP contribution in [0.3, 0.4) is 0 Å². The number of nitrogens with one attached hydrogen (secondary N) is 2. The Morgan fingerprint density at radius 1 is 0.818 bits per heavy atom. The molecule has 0 aliphatic rings. The van der Waals surface area contributed by atoms with E-state index in [1.807, 2.05) is 0 Å². The molecule has 130 valence electrons. The van der Waals surface area contributed by atoms with Gasteiger partial charge in [0.2, 0.25) is 11.8 Å². The molecule has 8 N–H and O–H groups in total. The monoisotopic (exact) mass is 360 g/mol. The molecule has 0 fully saturated rings. The topological polar surface area (TPSA) is 196 Å². The van der Waals surface area contributed by atoms with E-state index in [0.29, 0.717) is 0 Å². The first-order valence-electron chi connectivity index (χ1n) is 5.48. The van der Waals surface area contributed by atoms with Gasteiger partial charge in [-0.05, 0) is 0 Å². The minimum atomic E-state index is -1.16. The number of carbonyl (C=O) groups is 4. The minimum Gasteiger partial charge on any atom is -0.480 e. The molecular formula is C10H20N2O8S2. The van der Waals surface area contributed by atoms with Gasteiger partial charge >= 0.3 is 11.9 Å². The van der Waals surface area contributed by atoms with Gasteiger partial charge < -0.3 is 31.8 Å². The SMILES string of the molecule is CC(=O)N[C@@H](CSSC[C@H](NC(C)=O)C(=O)O)C(=O)O.O.O. The van der Waals surface area contributed by atoms with Crippen LogP contribution in [0.25, 0.3) is 0 Å². The second kappa shape index (κ2) is 13.2. The number of carboxylic acid groups (broad SMARTS) is 2. The smallest absolute Gasteiger partial charge is 0.327 e. The molecule has 0 aromatic carbocycles. The Kier molecular flexibility index (Phi) is 15.3. The molecule has 0 aliphatic carbocycles. The van der Waals surface area contributed by atoms with Gasteiger partial charge in [0.1, 0.15) is 12.1 Å². The molecule has 2 amide bonds. The van der Waals surface area contributed by atoms with Gasteiger partial charge in [0, 0.05) is 25.4 Å². The second-order valence-electron chi connectivity index (χ2n) is 3.75. The maximum Gasteiger partial charge on any atom is 0.327 e. The van der Waals surface area contributed by atoms with Crippen LogP contribution < -0.4 is 10.6 Å². The molecule has 0 rings (SSSR count). The predicted molar refractivity (Wildman–Crippen MR) is 82.6 cm³/mol. The van der Waals surface area contributed by atoms with E-state index >= 15 is 0 Å². The molecule has 0 saturated heterocycles. The lowest BCUT2D eigenvalue weighted by Gasteiger charge is -2.14. The molecule has 10 nitrogen and oxygen atoms in total. The fraction of sp³-hybridized carbons (Fsp3) is 0.600. The summed E-state index contributed by atoms with van der Waals surface area (Å²) in [6, 6.07) is -2.07. The molecule has 0 saturated carbocycles. The fourth-order valence-electron chi connectivity index (χ4n) is 1.07. The molecule has 0 unspecified atom stereocenters. The van der Waals surface area contributed by atoms with E-state index < -0.39 is 35.8 Å². The van der Waals surface area contributed by atoms with Crippen molar-refractivity contribution in [3.63, 3.8) is 0 Å². The molecule has 22 heavy (non-hydrogen) atoms. The molecule has 0 aromatic rings. The molecule has 0 aliphatic heterocycles. The Hall–Kier alpha value is -1.50. The van der Waals surface area contributed by atoms with Crippen LogP contribution in [-0.2, 0) is 19.2 Å². The Morgan fingerprint density at radius 3 is 1.27 bits per heavy atom. The summed E-state index contributed by atoms with van der Waals surface area (Å²) in [5.74, 6) is -3.05. The van der Waals surface area contributed by atoms with E-state index in [1.54, 1.807) is 0 Å². The fourth-order valence-corrected chi connectivity index (χ4v) is 3.38. The molecule has 2 atom stereocenters. The van der Waals surface area contributed by atoms with Gasteiger partial charge in [-0.15, -0.1) is 0 Å². The highest BCUT2D eigenvalue weighted by Gasteiger charge is 2.21. The summed E-state index contributed by atoms with van der Waals surface area (Å²) in [4.78, 5) is 43.2. The van der Waals surface area contributed by atoms with Crippen molar-refractivity contribution < 1.29 is 40.3 Å². The third-order valence-corrected chi connectivity index (χ3v) is 4.33. The van der Waals surface area contributed by atoms with E-state index in [4.69, 9.17) is 10.2 Å². The number of carboxylic acids is 2. The van der Waals surface area contributed by atoms with Crippen LogP contribution in [0.2, 0.25) is 0 Å². The van der Waals surface area contributed by atoms with Crippen LogP contribution >= 0.6 is 21.6 Å². The lowest BCUT2D eigenvalue weighted by molar-refractivity contribution is -0.141. The van der Waals surface area contributed by atoms with Crippen LogP contribution in [0, 0.1) is 0 Å². The maximum absolute atomic E-state index is 10.8. The largest absolute Gasteiger partial charge is 0.480 e. The zero-order chi connectivity index (χ0) is 15.7. The highest BCUT2D eigenvalue weighted by atomic mass is 33.1. The first kappa shape index (κ1) is 25.5. The number of amides is 2. The van der Waals surface area contributed by atoms with Crippen LogP contribution in [-0.4, -0.2) is 68.5 Å². The van der Waals surface area contributed by atoms with E-state index in [0.717, 1.165) is 21.6 Å². The van der Waals surface area contributed by atoms with Crippen LogP contribution in [0.15, 0.2) is 0 Å². The Labute approximate surface area is 134 Å². The van der Waals surface area contributed by atoms with Gasteiger partial charge in [-0.1, -0.05) is 21.6 Å². The van der Waals surface area contributed by atoms with Crippen molar-refractivity contribution in [2.24, 2.45) is 0 Å². The number of aliphatic carboxylic acids is 2. The summed E-state index contributed by atoms with van der Waals surface area (Å²) in [7, 11) is 2.22. The third-order valence-electron chi connectivity index (χ3n) is 1.90. The highest BCUT2D eigenvalue weighted by molar-refractivity contribution is 8.76. The quantitative estimate of drug-likeness (QED) is 0.265. The lowest BCUT2D eigenvalue weighted by atomic mass is 10.3. The van der Waals surface area contributed by atoms with Gasteiger partial charge in [-0.3, -0.25) is 9.59 Å². The number of rotatable bonds is 9. The van der Waals surface area contributed by atoms with E-state index in [9.17, 15) is 19.2 Å². The Bertz CT molecular complexity index is 357. The molecule has 12 heteroatoms. The minimum absolute atomic E-state index is 0. The molecule has 0 spiro atoms. The summed E-state index contributed by atoms with van der Waals surface area (Å²) < 4.78 is 0. The van der Waals surface area contributed by atoms with E-state index in [2.05, 4.69) is 10.6 Å². The number of hydrogen-bond acceptors (Lipinski definition) is 6. The molecule has 0 bridgehead atoms. The predicted octanol–water partition coefficient (Wildman–Crippen LogP) is -2.10. The van der Waals surface area contributed by atoms with E-state index in [-0.39, 0.29) is 22.5 Å². The summed E-state index contributed by atoms with van der Waals surface area (Å²) in [6.45, 7) is 2.43. The summed E-state index contributed by atoms with van der Waals surface area (Å²) in [6.07, 6.45) is 0. The van der Waals surface area contributed by atoms with Gasteiger partial charge in [0.25, 0.3) is 0 Å². The van der Waals surface area contributed by atoms with Crippen LogP contribution in [0.5, 0.6) is 0 Å². The van der Waals surface area contributed by atoms with Crippen molar-refractivity contribution in [3.05, 3.63) is 0 Å². The Morgan fingerprint density at radius 2 is 1.09 bits per heavy atom. The summed E-state index contributed by atoms with van der Waals surface area (Å²) in [5, 5.41) is 22.2. The van der Waals surface area contributed by atoms with Crippen molar-refractivity contribution in [2.45, 2.75) is 25.9 Å². The van der Waals surface area contributed by atoms with Crippen molar-refractivity contribution in [1.82, 2.24) is 10.6 Å². The van der Waals surface area contributed by atoms with Crippen molar-refractivity contribution >= 4 is 45.3 Å². The van der Waals surface area contributed by atoms with Crippen LogP contribution in [0.4, 0.5) is 0 Å². The van der Waals surface area contributed by atoms with Gasteiger partial charge in [-0.25, -0.2) is 9.59 Å². The maximum atomic E-state index is 10.8. The van der Waals surface area contributed by atoms with E-state index in [1.165, 1.54) is 13.8 Å². The normalized spacial score (nSPS) is 11.9. The number of carbonyl (C=O) groups excluding carboxylic acids is 2. The number of hydrogen-bond donors (Lipinski definition) is 4. The molecule has 0 heterocycles.